The SMILES string of the molecule is NC1(C(=O)Nc2cc(Br)cs2)CC1. The Morgan fingerprint density at radius 3 is 2.85 bits per heavy atom. The van der Waals surface area contributed by atoms with Gasteiger partial charge in [0.2, 0.25) is 5.91 Å². The molecule has 0 radical (unpaired) electrons. The molecule has 2 rings (SSSR count). The van der Waals surface area contributed by atoms with E-state index in [2.05, 4.69) is 21.2 Å². The third-order valence-corrected chi connectivity index (χ3v) is 3.65. The lowest BCUT2D eigenvalue weighted by molar-refractivity contribution is -0.118. The van der Waals surface area contributed by atoms with Crippen molar-refractivity contribution in [2.75, 3.05) is 5.32 Å². The highest BCUT2D eigenvalue weighted by Gasteiger charge is 2.46. The molecule has 3 nitrogen and oxygen atoms in total. The molecular weight excluding hydrogens is 252 g/mol. The van der Waals surface area contributed by atoms with Gasteiger partial charge in [0, 0.05) is 9.85 Å². The van der Waals surface area contributed by atoms with Crippen LogP contribution in [0.25, 0.3) is 0 Å². The molecule has 0 spiro atoms. The van der Waals surface area contributed by atoms with E-state index in [-0.39, 0.29) is 5.91 Å². The second kappa shape index (κ2) is 3.08. The number of hydrogen-bond donors (Lipinski definition) is 2. The summed E-state index contributed by atoms with van der Waals surface area (Å²) >= 11 is 4.80. The van der Waals surface area contributed by atoms with Gasteiger partial charge in [-0.1, -0.05) is 0 Å². The topological polar surface area (TPSA) is 55.1 Å². The number of thiophene rings is 1. The normalized spacial score (nSPS) is 18.3. The van der Waals surface area contributed by atoms with Crippen molar-refractivity contribution in [3.8, 4) is 0 Å². The van der Waals surface area contributed by atoms with Crippen molar-refractivity contribution in [2.24, 2.45) is 5.73 Å². The molecule has 1 amide bonds. The molecule has 1 saturated carbocycles. The van der Waals surface area contributed by atoms with Gasteiger partial charge in [-0.2, -0.15) is 0 Å². The third kappa shape index (κ3) is 1.92. The van der Waals surface area contributed by atoms with E-state index in [1.54, 1.807) is 0 Å². The number of carbonyl (C=O) groups is 1. The van der Waals surface area contributed by atoms with Crippen LogP contribution in [-0.2, 0) is 4.79 Å². The highest BCUT2D eigenvalue weighted by Crippen LogP contribution is 2.34. The molecule has 13 heavy (non-hydrogen) atoms. The molecule has 0 saturated heterocycles. The van der Waals surface area contributed by atoms with E-state index in [1.807, 2.05) is 11.4 Å². The van der Waals surface area contributed by atoms with Gasteiger partial charge in [-0.05, 0) is 34.8 Å². The number of anilines is 1. The van der Waals surface area contributed by atoms with Gasteiger partial charge in [-0.3, -0.25) is 4.79 Å². The number of nitrogens with one attached hydrogen (secondary N) is 1. The average molecular weight is 261 g/mol. The minimum Gasteiger partial charge on any atom is -0.317 e. The summed E-state index contributed by atoms with van der Waals surface area (Å²) in [5.41, 5.74) is 5.14. The molecule has 0 aromatic carbocycles. The van der Waals surface area contributed by atoms with Crippen LogP contribution < -0.4 is 11.1 Å². The van der Waals surface area contributed by atoms with Crippen molar-refractivity contribution in [1.29, 1.82) is 0 Å². The van der Waals surface area contributed by atoms with Crippen LogP contribution in [0.2, 0.25) is 0 Å². The van der Waals surface area contributed by atoms with Gasteiger partial charge < -0.3 is 11.1 Å². The van der Waals surface area contributed by atoms with E-state index in [9.17, 15) is 4.79 Å². The molecule has 0 unspecified atom stereocenters. The monoisotopic (exact) mass is 260 g/mol. The summed E-state index contributed by atoms with van der Waals surface area (Å²) < 4.78 is 0.981. The number of rotatable bonds is 2. The van der Waals surface area contributed by atoms with Gasteiger partial charge in [0.1, 0.15) is 0 Å². The smallest absolute Gasteiger partial charge is 0.245 e. The number of amides is 1. The Balaban J connectivity index is 2.02. The maximum Gasteiger partial charge on any atom is 0.245 e. The molecule has 1 aliphatic rings. The van der Waals surface area contributed by atoms with Crippen LogP contribution in [0.1, 0.15) is 12.8 Å². The minimum atomic E-state index is -0.587. The van der Waals surface area contributed by atoms with Crippen LogP contribution in [0.5, 0.6) is 0 Å². The highest BCUT2D eigenvalue weighted by atomic mass is 79.9. The van der Waals surface area contributed by atoms with Crippen molar-refractivity contribution >= 4 is 38.2 Å². The zero-order chi connectivity index (χ0) is 9.47. The Hall–Kier alpha value is -0.390. The molecule has 0 aliphatic heterocycles. The van der Waals surface area contributed by atoms with Gasteiger partial charge in [-0.25, -0.2) is 0 Å². The van der Waals surface area contributed by atoms with E-state index in [0.717, 1.165) is 22.3 Å². The summed E-state index contributed by atoms with van der Waals surface area (Å²) in [7, 11) is 0. The molecule has 1 aromatic rings. The van der Waals surface area contributed by atoms with Crippen molar-refractivity contribution in [3.63, 3.8) is 0 Å². The fourth-order valence-corrected chi connectivity index (χ4v) is 2.29. The predicted octanol–water partition coefficient (Wildman–Crippen LogP) is 1.94. The molecule has 3 N–H and O–H groups in total. The lowest BCUT2D eigenvalue weighted by atomic mass is 10.3. The molecule has 1 aromatic heterocycles. The molecule has 1 fully saturated rings. The van der Waals surface area contributed by atoms with Crippen molar-refractivity contribution < 1.29 is 4.79 Å². The Morgan fingerprint density at radius 2 is 2.38 bits per heavy atom. The fourth-order valence-electron chi connectivity index (χ4n) is 0.977. The maximum atomic E-state index is 11.5. The summed E-state index contributed by atoms with van der Waals surface area (Å²) in [6.45, 7) is 0. The molecule has 5 heteroatoms. The zero-order valence-electron chi connectivity index (χ0n) is 6.84. The number of halogens is 1. The number of nitrogens with two attached hydrogens (primary N) is 1. The van der Waals surface area contributed by atoms with Crippen LogP contribution in [0.4, 0.5) is 5.00 Å². The van der Waals surface area contributed by atoms with Crippen LogP contribution in [-0.4, -0.2) is 11.4 Å². The summed E-state index contributed by atoms with van der Waals surface area (Å²) in [4.78, 5) is 11.5. The van der Waals surface area contributed by atoms with Gasteiger partial charge in [-0.15, -0.1) is 11.3 Å². The first-order chi connectivity index (χ1) is 6.10. The highest BCUT2D eigenvalue weighted by molar-refractivity contribution is 9.10. The second-order valence-electron chi connectivity index (χ2n) is 3.24. The molecule has 1 heterocycles. The van der Waals surface area contributed by atoms with Crippen molar-refractivity contribution in [2.45, 2.75) is 18.4 Å². The largest absolute Gasteiger partial charge is 0.317 e. The van der Waals surface area contributed by atoms with E-state index >= 15 is 0 Å². The van der Waals surface area contributed by atoms with Crippen LogP contribution >= 0.6 is 27.3 Å². The molecule has 70 valence electrons. The number of carbonyl (C=O) groups excluding carboxylic acids is 1. The Bertz CT molecular complexity index is 346. The van der Waals surface area contributed by atoms with Gasteiger partial charge in [0.05, 0.1) is 10.5 Å². The first-order valence-electron chi connectivity index (χ1n) is 3.94. The molecule has 0 bridgehead atoms. The first-order valence-corrected chi connectivity index (χ1v) is 5.62. The Labute approximate surface area is 88.4 Å². The van der Waals surface area contributed by atoms with E-state index in [1.165, 1.54) is 11.3 Å². The van der Waals surface area contributed by atoms with E-state index < -0.39 is 5.54 Å². The zero-order valence-corrected chi connectivity index (χ0v) is 9.24. The van der Waals surface area contributed by atoms with Gasteiger partial charge in [0.25, 0.3) is 0 Å². The summed E-state index contributed by atoms with van der Waals surface area (Å²) in [6.07, 6.45) is 1.59. The summed E-state index contributed by atoms with van der Waals surface area (Å²) in [5, 5.41) is 5.55. The predicted molar refractivity (Wildman–Crippen MR) is 56.8 cm³/mol. The van der Waals surface area contributed by atoms with Crippen LogP contribution in [0.15, 0.2) is 15.9 Å². The third-order valence-electron chi connectivity index (χ3n) is 2.05. The lowest BCUT2D eigenvalue weighted by Crippen LogP contribution is -2.37. The van der Waals surface area contributed by atoms with Crippen molar-refractivity contribution in [1.82, 2.24) is 0 Å². The fraction of sp³-hybridized carbons (Fsp3) is 0.375. The lowest BCUT2D eigenvalue weighted by Gasteiger charge is -2.07. The first kappa shape index (κ1) is 9.18. The van der Waals surface area contributed by atoms with E-state index in [0.29, 0.717) is 0 Å². The molecular formula is C8H9BrN2OS. The van der Waals surface area contributed by atoms with Gasteiger partial charge in [0.15, 0.2) is 0 Å². The van der Waals surface area contributed by atoms with E-state index in [4.69, 9.17) is 5.73 Å². The molecule has 1 aliphatic carbocycles. The average Bonchev–Trinajstić information content (AvgIpc) is 2.69. The maximum absolute atomic E-state index is 11.5. The van der Waals surface area contributed by atoms with Gasteiger partial charge >= 0.3 is 0 Å². The summed E-state index contributed by atoms with van der Waals surface area (Å²) in [6, 6.07) is 1.87. The quantitative estimate of drug-likeness (QED) is 0.854. The van der Waals surface area contributed by atoms with Crippen LogP contribution in [0.3, 0.4) is 0 Å². The number of hydrogen-bond acceptors (Lipinski definition) is 3. The molecule has 0 atom stereocenters. The van der Waals surface area contributed by atoms with Crippen molar-refractivity contribution in [3.05, 3.63) is 15.9 Å². The minimum absolute atomic E-state index is 0.0677. The van der Waals surface area contributed by atoms with Crippen LogP contribution in [0, 0.1) is 0 Å². The Kier molecular flexibility index (Phi) is 2.17. The standard InChI is InChI=1S/C8H9BrN2OS/c9-5-3-6(13-4-5)11-7(12)8(10)1-2-8/h3-4H,1-2,10H2,(H,11,12). The second-order valence-corrected chi connectivity index (χ2v) is 5.07. The summed E-state index contributed by atoms with van der Waals surface area (Å²) in [5.74, 6) is -0.0677. The Morgan fingerprint density at radius 1 is 1.69 bits per heavy atom.